The topological polar surface area (TPSA) is 114 Å². The lowest BCUT2D eigenvalue weighted by Crippen LogP contribution is -2.50. The molecule has 3 amide bonds. The molecule has 0 fully saturated rings. The van der Waals surface area contributed by atoms with Gasteiger partial charge in [0.15, 0.2) is 0 Å². The van der Waals surface area contributed by atoms with Gasteiger partial charge in [0, 0.05) is 35.7 Å². The van der Waals surface area contributed by atoms with Crippen molar-refractivity contribution in [2.24, 2.45) is 0 Å². The van der Waals surface area contributed by atoms with Crippen LogP contribution in [0.3, 0.4) is 0 Å². The molecule has 180 valence electrons. The summed E-state index contributed by atoms with van der Waals surface area (Å²) in [6.45, 7) is 0.0288. The van der Waals surface area contributed by atoms with E-state index in [-0.39, 0.29) is 24.8 Å². The highest BCUT2D eigenvalue weighted by atomic mass is 16.5. The number of ether oxygens (including phenoxy) is 1. The van der Waals surface area contributed by atoms with Crippen LogP contribution in [0.15, 0.2) is 91.0 Å². The van der Waals surface area contributed by atoms with Gasteiger partial charge in [0.2, 0.25) is 0 Å². The Morgan fingerprint density at radius 3 is 1.54 bits per heavy atom. The van der Waals surface area contributed by atoms with Crippen LogP contribution < -0.4 is 16.0 Å². The summed E-state index contributed by atoms with van der Waals surface area (Å²) in [5, 5.41) is 8.30. The normalized spacial score (nSPS) is 12.0. The minimum atomic E-state index is -1.05. The maximum absolute atomic E-state index is 12.8. The van der Waals surface area contributed by atoms with Crippen LogP contribution in [0.5, 0.6) is 0 Å². The molecule has 0 aliphatic rings. The first kappa shape index (κ1) is 25.2. The zero-order valence-electron chi connectivity index (χ0n) is 19.3. The zero-order chi connectivity index (χ0) is 25.0. The fourth-order valence-corrected chi connectivity index (χ4v) is 3.43. The summed E-state index contributed by atoms with van der Waals surface area (Å²) >= 11 is 0. The molecule has 0 unspecified atom stereocenters. The molecule has 0 saturated heterocycles. The van der Waals surface area contributed by atoms with E-state index in [1.165, 1.54) is 7.11 Å². The number of hydrogen-bond donors (Lipinski definition) is 3. The predicted molar refractivity (Wildman–Crippen MR) is 131 cm³/mol. The minimum Gasteiger partial charge on any atom is -0.467 e. The van der Waals surface area contributed by atoms with Crippen LogP contribution in [0.1, 0.15) is 37.5 Å². The number of amides is 3. The van der Waals surface area contributed by atoms with Crippen LogP contribution in [0.25, 0.3) is 0 Å². The van der Waals surface area contributed by atoms with E-state index in [9.17, 15) is 19.2 Å². The molecule has 0 aromatic heterocycles. The number of carbonyl (C=O) groups is 4. The Bertz CT molecular complexity index is 1140. The second-order valence-corrected chi connectivity index (χ2v) is 7.76. The molecule has 0 heterocycles. The molecule has 3 N–H and O–H groups in total. The Balaban J connectivity index is 1.76. The lowest BCUT2D eigenvalue weighted by atomic mass is 10.0. The van der Waals surface area contributed by atoms with Crippen molar-refractivity contribution in [1.82, 2.24) is 16.0 Å². The maximum Gasteiger partial charge on any atom is 0.328 e. The summed E-state index contributed by atoms with van der Waals surface area (Å²) in [4.78, 5) is 50.5. The van der Waals surface area contributed by atoms with E-state index in [1.807, 2.05) is 0 Å². The molecule has 2 atom stereocenters. The Labute approximate surface area is 203 Å². The second-order valence-electron chi connectivity index (χ2n) is 7.76. The highest BCUT2D eigenvalue weighted by molar-refractivity contribution is 5.97. The van der Waals surface area contributed by atoms with Gasteiger partial charge in [0.25, 0.3) is 17.7 Å². The van der Waals surface area contributed by atoms with Gasteiger partial charge in [-0.2, -0.15) is 0 Å². The van der Waals surface area contributed by atoms with Crippen LogP contribution in [0, 0.1) is 0 Å². The number of hydrogen-bond acceptors (Lipinski definition) is 5. The fraction of sp³-hybridized carbons (Fsp3) is 0.185. The van der Waals surface area contributed by atoms with Gasteiger partial charge >= 0.3 is 5.97 Å². The van der Waals surface area contributed by atoms with Crippen molar-refractivity contribution in [3.63, 3.8) is 0 Å². The fourth-order valence-electron chi connectivity index (χ4n) is 3.43. The first-order valence-electron chi connectivity index (χ1n) is 11.1. The van der Waals surface area contributed by atoms with E-state index in [0.29, 0.717) is 16.7 Å². The standard InChI is InChI=1S/C27H27N3O5/c1-35-27(34)23(30-26(33)21-15-9-4-10-16-21)17-22(29-25(32)20-13-7-3-8-14-20)18-28-24(31)19-11-5-2-6-12-19/h2-16,22-23H,17-18H2,1H3,(H,28,31)(H,29,32)(H,30,33)/t22-,23-/m0/s1. The van der Waals surface area contributed by atoms with Crippen molar-refractivity contribution in [3.05, 3.63) is 108 Å². The molecule has 3 rings (SSSR count). The first-order valence-corrected chi connectivity index (χ1v) is 11.1. The average molecular weight is 474 g/mol. The third kappa shape index (κ3) is 7.53. The molecule has 3 aromatic carbocycles. The van der Waals surface area contributed by atoms with E-state index >= 15 is 0 Å². The maximum atomic E-state index is 12.8. The van der Waals surface area contributed by atoms with Gasteiger partial charge in [-0.25, -0.2) is 4.79 Å². The van der Waals surface area contributed by atoms with Gasteiger partial charge in [-0.3, -0.25) is 14.4 Å². The predicted octanol–water partition coefficient (Wildman–Crippen LogP) is 2.58. The van der Waals surface area contributed by atoms with E-state index in [1.54, 1.807) is 91.0 Å². The third-order valence-corrected chi connectivity index (χ3v) is 5.26. The number of benzene rings is 3. The highest BCUT2D eigenvalue weighted by Crippen LogP contribution is 2.07. The number of rotatable bonds is 10. The quantitative estimate of drug-likeness (QED) is 0.392. The van der Waals surface area contributed by atoms with Crippen LogP contribution in [0.2, 0.25) is 0 Å². The monoisotopic (exact) mass is 473 g/mol. The summed E-state index contributed by atoms with van der Waals surface area (Å²) in [5.74, 6) is -1.82. The summed E-state index contributed by atoms with van der Waals surface area (Å²) in [7, 11) is 1.22. The van der Waals surface area contributed by atoms with Crippen LogP contribution >= 0.6 is 0 Å². The molecule has 0 spiro atoms. The largest absolute Gasteiger partial charge is 0.467 e. The molecule has 35 heavy (non-hydrogen) atoms. The summed E-state index contributed by atoms with van der Waals surface area (Å²) in [5.41, 5.74) is 1.26. The second kappa shape index (κ2) is 12.7. The molecular formula is C27H27N3O5. The minimum absolute atomic E-state index is 0.00110. The van der Waals surface area contributed by atoms with Crippen molar-refractivity contribution < 1.29 is 23.9 Å². The first-order chi connectivity index (χ1) is 17.0. The lowest BCUT2D eigenvalue weighted by Gasteiger charge is -2.24. The van der Waals surface area contributed by atoms with Crippen molar-refractivity contribution in [3.8, 4) is 0 Å². The van der Waals surface area contributed by atoms with Crippen molar-refractivity contribution in [2.45, 2.75) is 18.5 Å². The Morgan fingerprint density at radius 2 is 1.09 bits per heavy atom. The van der Waals surface area contributed by atoms with Crippen LogP contribution in [-0.2, 0) is 9.53 Å². The van der Waals surface area contributed by atoms with Crippen molar-refractivity contribution >= 4 is 23.7 Å². The lowest BCUT2D eigenvalue weighted by molar-refractivity contribution is -0.143. The molecule has 0 bridgehead atoms. The van der Waals surface area contributed by atoms with E-state index in [0.717, 1.165) is 0 Å². The number of methoxy groups -OCH3 is 1. The molecule has 0 saturated carbocycles. The molecule has 0 aliphatic heterocycles. The van der Waals surface area contributed by atoms with Gasteiger partial charge in [-0.15, -0.1) is 0 Å². The van der Waals surface area contributed by atoms with E-state index < -0.39 is 24.0 Å². The SMILES string of the molecule is COC(=O)[C@H](C[C@@H](CNC(=O)c1ccccc1)NC(=O)c1ccccc1)NC(=O)c1ccccc1. The van der Waals surface area contributed by atoms with Gasteiger partial charge in [-0.1, -0.05) is 54.6 Å². The molecule has 0 radical (unpaired) electrons. The summed E-state index contributed by atoms with van der Waals surface area (Å²) < 4.78 is 4.88. The van der Waals surface area contributed by atoms with E-state index in [2.05, 4.69) is 16.0 Å². The Hall–Kier alpha value is -4.46. The van der Waals surface area contributed by atoms with Gasteiger partial charge in [-0.05, 0) is 36.4 Å². The van der Waals surface area contributed by atoms with Gasteiger partial charge in [0.05, 0.1) is 7.11 Å². The summed E-state index contributed by atoms with van der Waals surface area (Å²) in [6.07, 6.45) is -0.00110. The van der Waals surface area contributed by atoms with Crippen molar-refractivity contribution in [2.75, 3.05) is 13.7 Å². The third-order valence-electron chi connectivity index (χ3n) is 5.26. The Kier molecular flexibility index (Phi) is 9.13. The number of nitrogens with one attached hydrogen (secondary N) is 3. The zero-order valence-corrected chi connectivity index (χ0v) is 19.3. The van der Waals surface area contributed by atoms with Crippen LogP contribution in [0.4, 0.5) is 0 Å². The Morgan fingerprint density at radius 1 is 0.657 bits per heavy atom. The average Bonchev–Trinajstić information content (AvgIpc) is 2.91. The van der Waals surface area contributed by atoms with Gasteiger partial charge < -0.3 is 20.7 Å². The van der Waals surface area contributed by atoms with Crippen molar-refractivity contribution in [1.29, 1.82) is 0 Å². The van der Waals surface area contributed by atoms with Crippen LogP contribution in [-0.4, -0.2) is 49.4 Å². The molecule has 8 nitrogen and oxygen atoms in total. The van der Waals surface area contributed by atoms with Gasteiger partial charge in [0.1, 0.15) is 6.04 Å². The highest BCUT2D eigenvalue weighted by Gasteiger charge is 2.27. The number of carbonyl (C=O) groups excluding carboxylic acids is 4. The molecular weight excluding hydrogens is 446 g/mol. The molecule has 8 heteroatoms. The smallest absolute Gasteiger partial charge is 0.328 e. The summed E-state index contributed by atoms with van der Waals surface area (Å²) in [6, 6.07) is 23.9. The molecule has 3 aromatic rings. The van der Waals surface area contributed by atoms with E-state index in [4.69, 9.17) is 4.74 Å². The molecule has 0 aliphatic carbocycles. The number of esters is 1.